The number of nitrogens with one attached hydrogen (secondary N) is 1. The lowest BCUT2D eigenvalue weighted by Gasteiger charge is -2.12. The molecule has 1 unspecified atom stereocenters. The highest BCUT2D eigenvalue weighted by Gasteiger charge is 2.21. The van der Waals surface area contributed by atoms with Gasteiger partial charge in [0.2, 0.25) is 0 Å². The van der Waals surface area contributed by atoms with Crippen LogP contribution in [0.1, 0.15) is 16.8 Å². The van der Waals surface area contributed by atoms with Crippen LogP contribution in [-0.2, 0) is 0 Å². The van der Waals surface area contributed by atoms with Crippen molar-refractivity contribution in [3.63, 3.8) is 0 Å². The van der Waals surface area contributed by atoms with Gasteiger partial charge in [-0.25, -0.2) is 0 Å². The van der Waals surface area contributed by atoms with Gasteiger partial charge in [-0.2, -0.15) is 0 Å². The van der Waals surface area contributed by atoms with E-state index in [0.717, 1.165) is 25.1 Å². The molecule has 0 aromatic heterocycles. The van der Waals surface area contributed by atoms with E-state index < -0.39 is 0 Å². The SMILES string of the molecule is CN1CCC(NC(=O)c2ccccc2)C1. The number of likely N-dealkylation sites (N-methyl/N-ethyl adjacent to an activating group) is 1. The first kappa shape index (κ1) is 10.2. The van der Waals surface area contributed by atoms with Gasteiger partial charge in [-0.3, -0.25) is 4.79 Å². The Labute approximate surface area is 90.1 Å². The predicted octanol–water partition coefficient (Wildman–Crippen LogP) is 1.12. The number of nitrogens with zero attached hydrogens (tertiary/aromatic N) is 1. The van der Waals surface area contributed by atoms with Crippen molar-refractivity contribution in [3.05, 3.63) is 35.9 Å². The number of likely N-dealkylation sites (tertiary alicyclic amines) is 1. The van der Waals surface area contributed by atoms with E-state index in [1.54, 1.807) is 0 Å². The van der Waals surface area contributed by atoms with Gasteiger partial charge in [0.1, 0.15) is 0 Å². The minimum absolute atomic E-state index is 0.0379. The molecule has 3 heteroatoms. The Morgan fingerprint density at radius 3 is 2.73 bits per heavy atom. The quantitative estimate of drug-likeness (QED) is 0.783. The number of hydrogen-bond acceptors (Lipinski definition) is 2. The van der Waals surface area contributed by atoms with Gasteiger partial charge in [0.05, 0.1) is 0 Å². The lowest BCUT2D eigenvalue weighted by molar-refractivity contribution is 0.0938. The molecule has 3 nitrogen and oxygen atoms in total. The van der Waals surface area contributed by atoms with Crippen molar-refractivity contribution in [1.29, 1.82) is 0 Å². The van der Waals surface area contributed by atoms with Crippen LogP contribution in [0.25, 0.3) is 0 Å². The first-order valence-corrected chi connectivity index (χ1v) is 5.30. The van der Waals surface area contributed by atoms with Gasteiger partial charge in [-0.05, 0) is 32.1 Å². The molecule has 1 N–H and O–H groups in total. The van der Waals surface area contributed by atoms with Crippen LogP contribution < -0.4 is 5.32 Å². The van der Waals surface area contributed by atoms with Crippen LogP contribution in [0.15, 0.2) is 30.3 Å². The largest absolute Gasteiger partial charge is 0.348 e. The minimum Gasteiger partial charge on any atom is -0.348 e. The maximum absolute atomic E-state index is 11.8. The summed E-state index contributed by atoms with van der Waals surface area (Å²) in [6, 6.07) is 9.68. The molecule has 0 saturated carbocycles. The third kappa shape index (κ3) is 2.57. The van der Waals surface area contributed by atoms with Gasteiger partial charge >= 0.3 is 0 Å². The lowest BCUT2D eigenvalue weighted by Crippen LogP contribution is -2.36. The molecule has 0 radical (unpaired) electrons. The van der Waals surface area contributed by atoms with Crippen molar-refractivity contribution < 1.29 is 4.79 Å². The summed E-state index contributed by atoms with van der Waals surface area (Å²) >= 11 is 0. The van der Waals surface area contributed by atoms with Gasteiger partial charge in [-0.1, -0.05) is 18.2 Å². The maximum atomic E-state index is 11.8. The summed E-state index contributed by atoms with van der Waals surface area (Å²) in [5.74, 6) is 0.0379. The molecular weight excluding hydrogens is 188 g/mol. The number of carbonyl (C=O) groups is 1. The fourth-order valence-electron chi connectivity index (χ4n) is 1.91. The summed E-state index contributed by atoms with van der Waals surface area (Å²) < 4.78 is 0. The second-order valence-electron chi connectivity index (χ2n) is 4.09. The van der Waals surface area contributed by atoms with Crippen LogP contribution in [0.3, 0.4) is 0 Å². The molecule has 1 aromatic carbocycles. The second kappa shape index (κ2) is 4.45. The maximum Gasteiger partial charge on any atom is 0.251 e. The van der Waals surface area contributed by atoms with E-state index >= 15 is 0 Å². The molecule has 1 saturated heterocycles. The fourth-order valence-corrected chi connectivity index (χ4v) is 1.91. The van der Waals surface area contributed by atoms with Gasteiger partial charge in [-0.15, -0.1) is 0 Å². The van der Waals surface area contributed by atoms with Crippen LogP contribution in [0.4, 0.5) is 0 Å². The zero-order chi connectivity index (χ0) is 10.7. The molecular formula is C12H16N2O. The summed E-state index contributed by atoms with van der Waals surface area (Å²) in [5.41, 5.74) is 0.743. The second-order valence-corrected chi connectivity index (χ2v) is 4.09. The molecule has 0 spiro atoms. The fraction of sp³-hybridized carbons (Fsp3) is 0.417. The average molecular weight is 204 g/mol. The monoisotopic (exact) mass is 204 g/mol. The zero-order valence-corrected chi connectivity index (χ0v) is 8.94. The summed E-state index contributed by atoms with van der Waals surface area (Å²) in [5, 5.41) is 3.04. The topological polar surface area (TPSA) is 32.3 Å². The molecule has 0 bridgehead atoms. The first-order valence-electron chi connectivity index (χ1n) is 5.30. The van der Waals surface area contributed by atoms with Crippen LogP contribution in [0.5, 0.6) is 0 Å². The van der Waals surface area contributed by atoms with Crippen molar-refractivity contribution >= 4 is 5.91 Å². The van der Waals surface area contributed by atoms with Gasteiger partial charge < -0.3 is 10.2 Å². The Morgan fingerprint density at radius 2 is 2.13 bits per heavy atom. The normalized spacial score (nSPS) is 21.5. The Hall–Kier alpha value is -1.35. The number of carbonyl (C=O) groups excluding carboxylic acids is 1. The van der Waals surface area contributed by atoms with E-state index in [0.29, 0.717) is 6.04 Å². The highest BCUT2D eigenvalue weighted by Crippen LogP contribution is 2.07. The third-order valence-corrected chi connectivity index (χ3v) is 2.76. The lowest BCUT2D eigenvalue weighted by atomic mass is 10.2. The predicted molar refractivity (Wildman–Crippen MR) is 59.8 cm³/mol. The Bertz CT molecular complexity index is 337. The van der Waals surface area contributed by atoms with E-state index in [-0.39, 0.29) is 5.91 Å². The van der Waals surface area contributed by atoms with E-state index in [9.17, 15) is 4.79 Å². The molecule has 1 atom stereocenters. The van der Waals surface area contributed by atoms with Crippen molar-refractivity contribution in [2.45, 2.75) is 12.5 Å². The van der Waals surface area contributed by atoms with Crippen LogP contribution in [-0.4, -0.2) is 37.0 Å². The summed E-state index contributed by atoms with van der Waals surface area (Å²) in [7, 11) is 2.08. The molecule has 0 aliphatic carbocycles. The number of rotatable bonds is 2. The zero-order valence-electron chi connectivity index (χ0n) is 8.94. The van der Waals surface area contributed by atoms with Crippen molar-refractivity contribution in [2.24, 2.45) is 0 Å². The standard InChI is InChI=1S/C12H16N2O/c1-14-8-7-11(9-14)13-12(15)10-5-3-2-4-6-10/h2-6,11H,7-9H2,1H3,(H,13,15). The number of hydrogen-bond donors (Lipinski definition) is 1. The van der Waals surface area contributed by atoms with Crippen molar-refractivity contribution in [3.8, 4) is 0 Å². The highest BCUT2D eigenvalue weighted by atomic mass is 16.1. The van der Waals surface area contributed by atoms with E-state index in [2.05, 4.69) is 17.3 Å². The van der Waals surface area contributed by atoms with Crippen LogP contribution in [0.2, 0.25) is 0 Å². The van der Waals surface area contributed by atoms with Gasteiger partial charge in [0, 0.05) is 18.2 Å². The average Bonchev–Trinajstić information content (AvgIpc) is 2.65. The van der Waals surface area contributed by atoms with E-state index in [1.807, 2.05) is 30.3 Å². The summed E-state index contributed by atoms with van der Waals surface area (Å²) in [4.78, 5) is 14.0. The van der Waals surface area contributed by atoms with Crippen molar-refractivity contribution in [1.82, 2.24) is 10.2 Å². The molecule has 1 aliphatic heterocycles. The van der Waals surface area contributed by atoms with Crippen LogP contribution in [0, 0.1) is 0 Å². The Morgan fingerprint density at radius 1 is 1.40 bits per heavy atom. The van der Waals surface area contributed by atoms with Gasteiger partial charge in [0.15, 0.2) is 0 Å². The van der Waals surface area contributed by atoms with Crippen LogP contribution >= 0.6 is 0 Å². The summed E-state index contributed by atoms with van der Waals surface area (Å²) in [6.07, 6.45) is 1.05. The molecule has 15 heavy (non-hydrogen) atoms. The molecule has 1 aromatic rings. The molecule has 2 rings (SSSR count). The van der Waals surface area contributed by atoms with Crippen molar-refractivity contribution in [2.75, 3.05) is 20.1 Å². The van der Waals surface area contributed by atoms with Gasteiger partial charge in [0.25, 0.3) is 5.91 Å². The van der Waals surface area contributed by atoms with E-state index in [1.165, 1.54) is 0 Å². The molecule has 1 amide bonds. The first-order chi connectivity index (χ1) is 7.25. The molecule has 80 valence electrons. The molecule has 1 aliphatic rings. The Balaban J connectivity index is 1.93. The third-order valence-electron chi connectivity index (χ3n) is 2.76. The highest BCUT2D eigenvalue weighted by molar-refractivity contribution is 5.94. The number of benzene rings is 1. The smallest absolute Gasteiger partial charge is 0.251 e. The Kier molecular flexibility index (Phi) is 3.02. The summed E-state index contributed by atoms with van der Waals surface area (Å²) in [6.45, 7) is 2.03. The number of amides is 1. The molecule has 1 fully saturated rings. The molecule has 1 heterocycles. The van der Waals surface area contributed by atoms with E-state index in [4.69, 9.17) is 0 Å². The minimum atomic E-state index is 0.0379.